The predicted octanol–water partition coefficient (Wildman–Crippen LogP) is 6.87. The molecule has 2 aliphatic heterocycles. The van der Waals surface area contributed by atoms with E-state index in [1.54, 1.807) is 4.90 Å². The highest BCUT2D eigenvalue weighted by molar-refractivity contribution is 8.29. The van der Waals surface area contributed by atoms with Gasteiger partial charge in [0.05, 0.1) is 34.5 Å². The van der Waals surface area contributed by atoms with Crippen LogP contribution >= 0.6 is 35.7 Å². The first-order valence-corrected chi connectivity index (χ1v) is 14.4. The number of hydrogen-bond donors (Lipinski definition) is 0. The third-order valence-corrected chi connectivity index (χ3v) is 10.0. The monoisotopic (exact) mass is 587 g/mol. The SMILES string of the molecule is COC(=O)C1=C(C(=O)OC)SC(=C2C(=S)C(C)(C)N(C(=O)c3ccc(-c4ccccc4)cc3)c3ccccc32)S1. The Labute approximate surface area is 246 Å². The molecule has 0 atom stereocenters. The standard InChI is InChI=1S/C31H25NO5S3/c1-31(2)26(38)23(30-39-24(28(34)36-3)25(40-30)29(35)37-4)21-12-8-9-13-22(21)32(31)27(33)20-16-14-19(15-17-20)18-10-6-5-7-11-18/h5-17H,1-4H3. The number of ether oxygens (including phenoxy) is 2. The minimum atomic E-state index is -0.901. The second kappa shape index (κ2) is 11.1. The first-order valence-electron chi connectivity index (χ1n) is 12.3. The van der Waals surface area contributed by atoms with Gasteiger partial charge >= 0.3 is 11.9 Å². The number of para-hydroxylation sites is 1. The summed E-state index contributed by atoms with van der Waals surface area (Å²) in [6.45, 7) is 3.81. The lowest BCUT2D eigenvalue weighted by molar-refractivity contribution is -0.138. The van der Waals surface area contributed by atoms with E-state index < -0.39 is 17.5 Å². The number of esters is 2. The molecule has 0 aromatic heterocycles. The fourth-order valence-electron chi connectivity index (χ4n) is 4.70. The molecule has 0 aliphatic carbocycles. The number of fused-ring (bicyclic) bond motifs is 1. The van der Waals surface area contributed by atoms with E-state index in [1.165, 1.54) is 14.2 Å². The molecule has 0 radical (unpaired) electrons. The van der Waals surface area contributed by atoms with Gasteiger partial charge in [-0.3, -0.25) is 9.69 Å². The van der Waals surface area contributed by atoms with E-state index in [0.29, 0.717) is 25.9 Å². The van der Waals surface area contributed by atoms with Crippen LogP contribution in [0.2, 0.25) is 0 Å². The first-order chi connectivity index (χ1) is 19.2. The Morgan fingerprint density at radius 2 is 1.27 bits per heavy atom. The quantitative estimate of drug-likeness (QED) is 0.186. The largest absolute Gasteiger partial charge is 0.465 e. The number of anilines is 1. The van der Waals surface area contributed by atoms with E-state index in [-0.39, 0.29) is 15.7 Å². The highest BCUT2D eigenvalue weighted by atomic mass is 32.2. The summed E-state index contributed by atoms with van der Waals surface area (Å²) in [5.41, 5.74) is 3.86. The summed E-state index contributed by atoms with van der Waals surface area (Å²) in [6, 6.07) is 25.1. The highest BCUT2D eigenvalue weighted by Gasteiger charge is 2.46. The van der Waals surface area contributed by atoms with Gasteiger partial charge in [0.15, 0.2) is 0 Å². The van der Waals surface area contributed by atoms with E-state index in [0.717, 1.165) is 40.2 Å². The lowest BCUT2D eigenvalue weighted by atomic mass is 9.83. The third-order valence-electron chi connectivity index (χ3n) is 6.74. The van der Waals surface area contributed by atoms with Crippen LogP contribution in [-0.2, 0) is 19.1 Å². The number of benzene rings is 3. The van der Waals surface area contributed by atoms with Crippen LogP contribution in [0.1, 0.15) is 29.8 Å². The average Bonchev–Trinajstić information content (AvgIpc) is 3.42. The minimum absolute atomic E-state index is 0.150. The summed E-state index contributed by atoms with van der Waals surface area (Å²) < 4.78 is 10.5. The summed E-state index contributed by atoms with van der Waals surface area (Å²) in [5, 5.41) is 0. The third kappa shape index (κ3) is 4.78. The Hall–Kier alpha value is -3.66. The molecule has 2 aliphatic rings. The van der Waals surface area contributed by atoms with Gasteiger partial charge in [0.1, 0.15) is 9.81 Å². The maximum atomic E-state index is 14.1. The Bertz CT molecular complexity index is 1580. The van der Waals surface area contributed by atoms with Crippen molar-refractivity contribution in [2.45, 2.75) is 19.4 Å². The number of carbonyl (C=O) groups excluding carboxylic acids is 3. The van der Waals surface area contributed by atoms with Gasteiger partial charge in [0.2, 0.25) is 0 Å². The van der Waals surface area contributed by atoms with Crippen LogP contribution in [0, 0.1) is 0 Å². The summed E-state index contributed by atoms with van der Waals surface area (Å²) in [6.07, 6.45) is 0. The molecule has 0 fully saturated rings. The number of amides is 1. The molecule has 0 saturated carbocycles. The predicted molar refractivity (Wildman–Crippen MR) is 165 cm³/mol. The second-order valence-electron chi connectivity index (χ2n) is 9.50. The molecule has 2 heterocycles. The molecule has 6 nitrogen and oxygen atoms in total. The zero-order valence-corrected chi connectivity index (χ0v) is 24.7. The topological polar surface area (TPSA) is 72.9 Å². The Kier molecular flexibility index (Phi) is 7.72. The zero-order chi connectivity index (χ0) is 28.6. The van der Waals surface area contributed by atoms with Crippen molar-refractivity contribution in [3.05, 3.63) is 104 Å². The molecule has 3 aromatic carbocycles. The maximum Gasteiger partial charge on any atom is 0.346 e. The fraction of sp³-hybridized carbons (Fsp3) is 0.161. The normalized spacial score (nSPS) is 16.1. The summed E-state index contributed by atoms with van der Waals surface area (Å²) >= 11 is 8.31. The maximum absolute atomic E-state index is 14.1. The van der Waals surface area contributed by atoms with Crippen molar-refractivity contribution < 1.29 is 23.9 Å². The van der Waals surface area contributed by atoms with E-state index in [4.69, 9.17) is 21.7 Å². The van der Waals surface area contributed by atoms with Crippen molar-refractivity contribution in [1.82, 2.24) is 0 Å². The Balaban J connectivity index is 1.58. The molecule has 202 valence electrons. The Morgan fingerprint density at radius 3 is 1.85 bits per heavy atom. The van der Waals surface area contributed by atoms with Gasteiger partial charge < -0.3 is 9.47 Å². The summed E-state index contributed by atoms with van der Waals surface area (Å²) in [7, 11) is 2.53. The molecule has 1 amide bonds. The molecule has 0 N–H and O–H groups in total. The molecule has 0 unspecified atom stereocenters. The molecule has 9 heteroatoms. The van der Waals surface area contributed by atoms with Crippen LogP contribution < -0.4 is 4.90 Å². The molecule has 0 spiro atoms. The molecule has 5 rings (SSSR count). The van der Waals surface area contributed by atoms with Crippen LogP contribution in [0.3, 0.4) is 0 Å². The fourth-order valence-corrected chi connectivity index (χ4v) is 7.73. The number of thiocarbonyl (C=S) groups is 1. The van der Waals surface area contributed by atoms with Crippen LogP contribution in [0.25, 0.3) is 16.7 Å². The van der Waals surface area contributed by atoms with Gasteiger partial charge in [-0.2, -0.15) is 0 Å². The molecule has 0 bridgehead atoms. The van der Waals surface area contributed by atoms with Crippen LogP contribution in [-0.4, -0.2) is 42.5 Å². The van der Waals surface area contributed by atoms with E-state index in [2.05, 4.69) is 0 Å². The van der Waals surface area contributed by atoms with Gasteiger partial charge in [-0.15, -0.1) is 0 Å². The van der Waals surface area contributed by atoms with Crippen LogP contribution in [0.4, 0.5) is 5.69 Å². The molecule has 3 aromatic rings. The number of carbonyl (C=O) groups is 3. The highest BCUT2D eigenvalue weighted by Crippen LogP contribution is 2.56. The lowest BCUT2D eigenvalue weighted by Crippen LogP contribution is -2.55. The van der Waals surface area contributed by atoms with Gasteiger partial charge in [-0.05, 0) is 43.2 Å². The van der Waals surface area contributed by atoms with Gasteiger partial charge in [-0.1, -0.05) is 96.4 Å². The average molecular weight is 588 g/mol. The number of thioether (sulfide) groups is 2. The smallest absolute Gasteiger partial charge is 0.346 e. The van der Waals surface area contributed by atoms with Gasteiger partial charge in [0.25, 0.3) is 5.91 Å². The summed E-state index contributed by atoms with van der Waals surface area (Å²) in [4.78, 5) is 41.6. The van der Waals surface area contributed by atoms with Crippen molar-refractivity contribution in [2.24, 2.45) is 0 Å². The van der Waals surface area contributed by atoms with Crippen molar-refractivity contribution in [2.75, 3.05) is 19.1 Å². The molecular weight excluding hydrogens is 563 g/mol. The molecule has 0 saturated heterocycles. The number of hydrogen-bond acceptors (Lipinski definition) is 8. The van der Waals surface area contributed by atoms with E-state index in [9.17, 15) is 14.4 Å². The minimum Gasteiger partial charge on any atom is -0.465 e. The summed E-state index contributed by atoms with van der Waals surface area (Å²) in [5.74, 6) is -1.43. The van der Waals surface area contributed by atoms with Crippen molar-refractivity contribution in [1.29, 1.82) is 0 Å². The van der Waals surface area contributed by atoms with Crippen molar-refractivity contribution in [3.63, 3.8) is 0 Å². The van der Waals surface area contributed by atoms with Crippen LogP contribution in [0.15, 0.2) is 92.9 Å². The Morgan fingerprint density at radius 1 is 0.750 bits per heavy atom. The van der Waals surface area contributed by atoms with E-state index >= 15 is 0 Å². The van der Waals surface area contributed by atoms with Crippen LogP contribution in [0.5, 0.6) is 0 Å². The van der Waals surface area contributed by atoms with E-state index in [1.807, 2.05) is 92.7 Å². The van der Waals surface area contributed by atoms with Crippen molar-refractivity contribution in [3.8, 4) is 11.1 Å². The molecular formula is C31H25NO5S3. The van der Waals surface area contributed by atoms with Gasteiger partial charge in [-0.25, -0.2) is 9.59 Å². The second-order valence-corrected chi connectivity index (χ2v) is 12.2. The number of rotatable bonds is 4. The first kappa shape index (κ1) is 27.9. The lowest BCUT2D eigenvalue weighted by Gasteiger charge is -2.45. The number of methoxy groups -OCH3 is 2. The van der Waals surface area contributed by atoms with Gasteiger partial charge in [0, 0.05) is 16.7 Å². The molecule has 40 heavy (non-hydrogen) atoms. The zero-order valence-electron chi connectivity index (χ0n) is 22.2. The van der Waals surface area contributed by atoms with Crippen molar-refractivity contribution >= 4 is 69.7 Å². The number of nitrogens with zero attached hydrogens (tertiary/aromatic N) is 1.